The van der Waals surface area contributed by atoms with E-state index >= 15 is 0 Å². The molecule has 1 aromatic carbocycles. The summed E-state index contributed by atoms with van der Waals surface area (Å²) < 4.78 is 0. The molecule has 0 aliphatic carbocycles. The van der Waals surface area contributed by atoms with Crippen LogP contribution in [0.1, 0.15) is 12.5 Å². The third-order valence-corrected chi connectivity index (χ3v) is 1.97. The van der Waals surface area contributed by atoms with E-state index in [-0.39, 0.29) is 0 Å². The molecule has 0 atom stereocenters. The number of aliphatic imine (C=N–C) groups is 1. The Labute approximate surface area is 82.0 Å². The van der Waals surface area contributed by atoms with Gasteiger partial charge in [-0.15, -0.1) is 0 Å². The highest BCUT2D eigenvalue weighted by Crippen LogP contribution is 2.11. The molecule has 0 spiro atoms. The Bertz CT molecular complexity index is 277. The van der Waals surface area contributed by atoms with Gasteiger partial charge in [0.15, 0.2) is 0 Å². The van der Waals surface area contributed by atoms with Crippen LogP contribution in [0.3, 0.4) is 0 Å². The van der Waals surface area contributed by atoms with Gasteiger partial charge >= 0.3 is 0 Å². The van der Waals surface area contributed by atoms with E-state index in [0.29, 0.717) is 16.7 Å². The number of rotatable bonds is 2. The molecule has 0 amide bonds. The molecule has 1 aromatic rings. The standard InChI is InChI=1S/C9H9Cl2N/c1-2-12-9(11)7-3-5-8(10)6-4-7/h3-6H,2H2,1H3. The normalized spacial score (nSPS) is 11.8. The predicted octanol–water partition coefficient (Wildman–Crippen LogP) is 3.35. The molecule has 12 heavy (non-hydrogen) atoms. The Hall–Kier alpha value is -0.530. The Morgan fingerprint density at radius 3 is 2.42 bits per heavy atom. The zero-order valence-corrected chi connectivity index (χ0v) is 8.23. The van der Waals surface area contributed by atoms with E-state index in [1.54, 1.807) is 12.1 Å². The van der Waals surface area contributed by atoms with E-state index in [9.17, 15) is 0 Å². The average Bonchev–Trinajstić information content (AvgIpc) is 2.06. The molecule has 0 unspecified atom stereocenters. The van der Waals surface area contributed by atoms with Crippen molar-refractivity contribution in [2.75, 3.05) is 6.54 Å². The Kier molecular flexibility index (Phi) is 3.57. The summed E-state index contributed by atoms with van der Waals surface area (Å²) in [5, 5.41) is 1.24. The minimum Gasteiger partial charge on any atom is -0.273 e. The first kappa shape index (κ1) is 9.56. The fourth-order valence-electron chi connectivity index (χ4n) is 0.818. The molecule has 0 aliphatic rings. The summed E-state index contributed by atoms with van der Waals surface area (Å²) >= 11 is 11.6. The fraction of sp³-hybridized carbons (Fsp3) is 0.222. The molecule has 0 heterocycles. The van der Waals surface area contributed by atoms with Crippen LogP contribution in [0.5, 0.6) is 0 Å². The second kappa shape index (κ2) is 4.48. The van der Waals surface area contributed by atoms with Gasteiger partial charge in [0.05, 0.1) is 0 Å². The minimum atomic E-state index is 0.536. The van der Waals surface area contributed by atoms with E-state index in [1.807, 2.05) is 19.1 Å². The predicted molar refractivity (Wildman–Crippen MR) is 54.4 cm³/mol. The highest BCUT2D eigenvalue weighted by molar-refractivity contribution is 6.69. The van der Waals surface area contributed by atoms with Crippen molar-refractivity contribution in [3.63, 3.8) is 0 Å². The van der Waals surface area contributed by atoms with E-state index in [4.69, 9.17) is 23.2 Å². The lowest BCUT2D eigenvalue weighted by Gasteiger charge is -1.97. The second-order valence-corrected chi connectivity index (χ2v) is 3.07. The number of hydrogen-bond donors (Lipinski definition) is 0. The summed E-state index contributed by atoms with van der Waals surface area (Å²) in [6.45, 7) is 2.64. The molecule has 0 aromatic heterocycles. The molecule has 0 saturated heterocycles. The molecule has 0 saturated carbocycles. The summed E-state index contributed by atoms with van der Waals surface area (Å²) in [5.41, 5.74) is 0.905. The molecular weight excluding hydrogens is 193 g/mol. The van der Waals surface area contributed by atoms with Crippen molar-refractivity contribution in [2.24, 2.45) is 4.99 Å². The van der Waals surface area contributed by atoms with Gasteiger partial charge in [0.2, 0.25) is 0 Å². The number of nitrogens with zero attached hydrogens (tertiary/aromatic N) is 1. The summed E-state index contributed by atoms with van der Waals surface area (Å²) in [4.78, 5) is 4.06. The van der Waals surface area contributed by atoms with Gasteiger partial charge in [-0.3, -0.25) is 4.99 Å². The fourth-order valence-corrected chi connectivity index (χ4v) is 1.19. The number of halogens is 2. The van der Waals surface area contributed by atoms with Crippen molar-refractivity contribution >= 4 is 28.4 Å². The van der Waals surface area contributed by atoms with Gasteiger partial charge in [-0.25, -0.2) is 0 Å². The zero-order chi connectivity index (χ0) is 8.97. The van der Waals surface area contributed by atoms with Gasteiger partial charge in [-0.1, -0.05) is 35.3 Å². The number of hydrogen-bond acceptors (Lipinski definition) is 1. The smallest absolute Gasteiger partial charge is 0.130 e. The largest absolute Gasteiger partial charge is 0.273 e. The van der Waals surface area contributed by atoms with Crippen LogP contribution in [0, 0.1) is 0 Å². The molecule has 0 bridgehead atoms. The van der Waals surface area contributed by atoms with Crippen molar-refractivity contribution < 1.29 is 0 Å². The summed E-state index contributed by atoms with van der Waals surface area (Å²) in [6, 6.07) is 7.29. The van der Waals surface area contributed by atoms with Crippen molar-refractivity contribution in [2.45, 2.75) is 6.92 Å². The maximum absolute atomic E-state index is 5.87. The van der Waals surface area contributed by atoms with Gasteiger partial charge in [0.25, 0.3) is 0 Å². The van der Waals surface area contributed by atoms with Crippen molar-refractivity contribution in [1.29, 1.82) is 0 Å². The minimum absolute atomic E-state index is 0.536. The molecule has 0 fully saturated rings. The zero-order valence-electron chi connectivity index (χ0n) is 6.72. The first-order valence-electron chi connectivity index (χ1n) is 3.70. The second-order valence-electron chi connectivity index (χ2n) is 2.27. The number of benzene rings is 1. The third-order valence-electron chi connectivity index (χ3n) is 1.38. The highest BCUT2D eigenvalue weighted by Gasteiger charge is 1.97. The maximum Gasteiger partial charge on any atom is 0.130 e. The quantitative estimate of drug-likeness (QED) is 0.652. The van der Waals surface area contributed by atoms with Gasteiger partial charge in [0, 0.05) is 17.1 Å². The first-order chi connectivity index (χ1) is 5.74. The van der Waals surface area contributed by atoms with Crippen molar-refractivity contribution in [1.82, 2.24) is 0 Å². The molecule has 1 rings (SSSR count). The molecule has 1 nitrogen and oxygen atoms in total. The molecule has 0 radical (unpaired) electrons. The molecular formula is C9H9Cl2N. The van der Waals surface area contributed by atoms with Crippen LogP contribution in [0.2, 0.25) is 5.02 Å². The lowest BCUT2D eigenvalue weighted by atomic mass is 10.2. The van der Waals surface area contributed by atoms with Crippen LogP contribution >= 0.6 is 23.2 Å². The lowest BCUT2D eigenvalue weighted by Crippen LogP contribution is -1.90. The molecule has 0 N–H and O–H groups in total. The molecule has 3 heteroatoms. The monoisotopic (exact) mass is 201 g/mol. The van der Waals surface area contributed by atoms with Crippen LogP contribution in [0.25, 0.3) is 0 Å². The van der Waals surface area contributed by atoms with Gasteiger partial charge in [-0.2, -0.15) is 0 Å². The molecule has 64 valence electrons. The Balaban J connectivity index is 2.89. The SMILES string of the molecule is CCN=C(Cl)c1ccc(Cl)cc1. The molecule has 0 aliphatic heterocycles. The van der Waals surface area contributed by atoms with E-state index in [1.165, 1.54) is 0 Å². The van der Waals surface area contributed by atoms with E-state index in [2.05, 4.69) is 4.99 Å². The third kappa shape index (κ3) is 2.50. The van der Waals surface area contributed by atoms with E-state index < -0.39 is 0 Å². The van der Waals surface area contributed by atoms with Crippen molar-refractivity contribution in [3.05, 3.63) is 34.9 Å². The maximum atomic E-state index is 5.87. The summed E-state index contributed by atoms with van der Waals surface area (Å²) in [6.07, 6.45) is 0. The van der Waals surface area contributed by atoms with Gasteiger partial charge < -0.3 is 0 Å². The lowest BCUT2D eigenvalue weighted by molar-refractivity contribution is 1.14. The van der Waals surface area contributed by atoms with Crippen LogP contribution < -0.4 is 0 Å². The average molecular weight is 202 g/mol. The summed E-state index contributed by atoms with van der Waals surface area (Å²) in [7, 11) is 0. The van der Waals surface area contributed by atoms with Crippen molar-refractivity contribution in [3.8, 4) is 0 Å². The summed E-state index contributed by atoms with van der Waals surface area (Å²) in [5.74, 6) is 0. The van der Waals surface area contributed by atoms with Gasteiger partial charge in [0.1, 0.15) is 5.17 Å². The van der Waals surface area contributed by atoms with Gasteiger partial charge in [-0.05, 0) is 19.1 Å². The Morgan fingerprint density at radius 1 is 1.33 bits per heavy atom. The van der Waals surface area contributed by atoms with Crippen LogP contribution in [-0.4, -0.2) is 11.7 Å². The topological polar surface area (TPSA) is 12.4 Å². The van der Waals surface area contributed by atoms with Crippen LogP contribution in [0.4, 0.5) is 0 Å². The van der Waals surface area contributed by atoms with E-state index in [0.717, 1.165) is 5.56 Å². The highest BCUT2D eigenvalue weighted by atomic mass is 35.5. The van der Waals surface area contributed by atoms with Crippen LogP contribution in [-0.2, 0) is 0 Å². The Morgan fingerprint density at radius 2 is 1.92 bits per heavy atom. The van der Waals surface area contributed by atoms with Crippen LogP contribution in [0.15, 0.2) is 29.3 Å². The first-order valence-corrected chi connectivity index (χ1v) is 4.45.